The van der Waals surface area contributed by atoms with Gasteiger partial charge in [-0.05, 0) is 43.7 Å². The topological polar surface area (TPSA) is 51.2 Å². The molecule has 2 aromatic heterocycles. The predicted molar refractivity (Wildman–Crippen MR) is 136 cm³/mol. The first-order valence-electron chi connectivity index (χ1n) is 10.8. The number of hydrogen-bond donors (Lipinski definition) is 1. The molecule has 0 fully saturated rings. The van der Waals surface area contributed by atoms with Crippen molar-refractivity contribution in [2.24, 2.45) is 0 Å². The van der Waals surface area contributed by atoms with E-state index in [0.717, 1.165) is 27.1 Å². The summed E-state index contributed by atoms with van der Waals surface area (Å²) in [7, 11) is 0. The van der Waals surface area contributed by atoms with E-state index in [4.69, 9.17) is 27.9 Å². The number of rotatable bonds is 4. The van der Waals surface area contributed by atoms with E-state index in [2.05, 4.69) is 10.3 Å². The molecule has 1 atom stereocenters. The summed E-state index contributed by atoms with van der Waals surface area (Å²) in [5.41, 5.74) is 0.983. The lowest BCUT2D eigenvalue weighted by Gasteiger charge is -2.27. The molecular weight excluding hydrogens is 494 g/mol. The van der Waals surface area contributed by atoms with Crippen molar-refractivity contribution in [1.29, 1.82) is 0 Å². The molecule has 0 saturated carbocycles. The largest absolute Gasteiger partial charge is 0.493 e. The maximum atomic E-state index is 15.5. The SMILES string of the molecule is CC(C)(F)c1c(C(=O)N[C@H]2CCOc3ccccc32)sc2c(-c3cc(Cl)cc(Cl)c3)cncc12. The van der Waals surface area contributed by atoms with E-state index in [-0.39, 0.29) is 11.9 Å². The number of amides is 1. The number of carbonyl (C=O) groups is 1. The summed E-state index contributed by atoms with van der Waals surface area (Å²) in [5, 5.41) is 4.67. The maximum absolute atomic E-state index is 15.5. The molecule has 1 amide bonds. The number of nitrogens with one attached hydrogen (secondary N) is 1. The van der Waals surface area contributed by atoms with Gasteiger partial charge in [0, 0.05) is 55.6 Å². The van der Waals surface area contributed by atoms with Crippen molar-refractivity contribution in [3.8, 4) is 16.9 Å². The highest BCUT2D eigenvalue weighted by Gasteiger charge is 2.33. The molecule has 1 aliphatic rings. The number of aromatic nitrogens is 1. The number of pyridine rings is 1. The van der Waals surface area contributed by atoms with Crippen LogP contribution in [0, 0.1) is 0 Å². The molecule has 34 heavy (non-hydrogen) atoms. The van der Waals surface area contributed by atoms with Gasteiger partial charge in [-0.1, -0.05) is 41.4 Å². The fraction of sp³-hybridized carbons (Fsp3) is 0.231. The second-order valence-corrected chi connectivity index (χ2v) is 10.6. The maximum Gasteiger partial charge on any atom is 0.262 e. The van der Waals surface area contributed by atoms with E-state index in [1.807, 2.05) is 24.3 Å². The van der Waals surface area contributed by atoms with Crippen LogP contribution in [0.1, 0.15) is 47.1 Å². The van der Waals surface area contributed by atoms with E-state index < -0.39 is 5.67 Å². The van der Waals surface area contributed by atoms with Gasteiger partial charge in [0.15, 0.2) is 0 Å². The molecule has 3 heterocycles. The van der Waals surface area contributed by atoms with Gasteiger partial charge < -0.3 is 10.1 Å². The van der Waals surface area contributed by atoms with Crippen LogP contribution in [0.3, 0.4) is 0 Å². The Bertz CT molecular complexity index is 1390. The fourth-order valence-corrected chi connectivity index (χ4v) is 6.27. The summed E-state index contributed by atoms with van der Waals surface area (Å²) in [5.74, 6) is 0.435. The van der Waals surface area contributed by atoms with Crippen LogP contribution < -0.4 is 10.1 Å². The Morgan fingerprint density at radius 2 is 1.91 bits per heavy atom. The highest BCUT2D eigenvalue weighted by Crippen LogP contribution is 2.44. The highest BCUT2D eigenvalue weighted by atomic mass is 35.5. The van der Waals surface area contributed by atoms with E-state index in [9.17, 15) is 4.79 Å². The number of thiophene rings is 1. The summed E-state index contributed by atoms with van der Waals surface area (Å²) < 4.78 is 22.0. The van der Waals surface area contributed by atoms with Crippen molar-refractivity contribution >= 4 is 50.5 Å². The van der Waals surface area contributed by atoms with Crippen LogP contribution in [0.2, 0.25) is 10.0 Å². The molecule has 4 aromatic rings. The molecule has 4 nitrogen and oxygen atoms in total. The average Bonchev–Trinajstić information content (AvgIpc) is 3.19. The van der Waals surface area contributed by atoms with Crippen LogP contribution in [-0.2, 0) is 5.67 Å². The molecule has 0 aliphatic carbocycles. The van der Waals surface area contributed by atoms with Gasteiger partial charge in [0.25, 0.3) is 5.91 Å². The number of nitrogens with zero attached hydrogens (tertiary/aromatic N) is 1. The number of para-hydroxylation sites is 1. The summed E-state index contributed by atoms with van der Waals surface area (Å²) >= 11 is 13.7. The lowest BCUT2D eigenvalue weighted by molar-refractivity contribution is 0.0922. The molecule has 0 saturated heterocycles. The number of fused-ring (bicyclic) bond motifs is 2. The molecule has 1 aliphatic heterocycles. The van der Waals surface area contributed by atoms with Crippen molar-refractivity contribution < 1.29 is 13.9 Å². The monoisotopic (exact) mass is 514 g/mol. The second-order valence-electron chi connectivity index (χ2n) is 8.70. The number of alkyl halides is 1. The van der Waals surface area contributed by atoms with Gasteiger partial charge in [-0.2, -0.15) is 0 Å². The highest BCUT2D eigenvalue weighted by molar-refractivity contribution is 7.21. The standard InChI is InChI=1S/C26H21Cl2FN2O2S/c1-26(2,29)22-19-13-30-12-18(14-9-15(27)11-16(28)10-14)23(19)34-24(22)25(32)31-20-7-8-33-21-6-4-3-5-17(20)21/h3-6,9-13,20H,7-8H2,1-2H3,(H,31,32)/t20-/m0/s1. The zero-order chi connectivity index (χ0) is 24.0. The lowest BCUT2D eigenvalue weighted by atomic mass is 9.95. The Kier molecular flexibility index (Phi) is 6.00. The van der Waals surface area contributed by atoms with E-state index in [0.29, 0.717) is 38.9 Å². The van der Waals surface area contributed by atoms with Gasteiger partial charge in [-0.15, -0.1) is 11.3 Å². The molecule has 0 radical (unpaired) electrons. The molecule has 2 aromatic carbocycles. The van der Waals surface area contributed by atoms with E-state index in [1.165, 1.54) is 25.2 Å². The molecule has 1 N–H and O–H groups in total. The normalized spacial score (nSPS) is 15.6. The number of hydrogen-bond acceptors (Lipinski definition) is 4. The summed E-state index contributed by atoms with van der Waals surface area (Å²) in [6.07, 6.45) is 3.93. The van der Waals surface area contributed by atoms with Crippen LogP contribution in [0.5, 0.6) is 5.75 Å². The third-order valence-electron chi connectivity index (χ3n) is 5.84. The van der Waals surface area contributed by atoms with Crippen molar-refractivity contribution in [2.75, 3.05) is 6.61 Å². The van der Waals surface area contributed by atoms with Crippen LogP contribution in [0.4, 0.5) is 4.39 Å². The molecule has 0 spiro atoms. The summed E-state index contributed by atoms with van der Waals surface area (Å²) in [6, 6.07) is 12.6. The predicted octanol–water partition coefficient (Wildman–Crippen LogP) is 7.73. The van der Waals surface area contributed by atoms with Crippen molar-refractivity contribution in [2.45, 2.75) is 32.0 Å². The van der Waals surface area contributed by atoms with Gasteiger partial charge in [0.05, 0.1) is 17.5 Å². The van der Waals surface area contributed by atoms with E-state index >= 15 is 4.39 Å². The van der Waals surface area contributed by atoms with Crippen LogP contribution >= 0.6 is 34.5 Å². The third kappa shape index (κ3) is 4.26. The van der Waals surface area contributed by atoms with Crippen molar-refractivity contribution in [3.63, 3.8) is 0 Å². The molecule has 0 bridgehead atoms. The number of halogens is 3. The van der Waals surface area contributed by atoms with Crippen molar-refractivity contribution in [1.82, 2.24) is 10.3 Å². The van der Waals surface area contributed by atoms with Gasteiger partial charge in [-0.25, -0.2) is 4.39 Å². The summed E-state index contributed by atoms with van der Waals surface area (Å²) in [4.78, 5) is 18.2. The Labute approximate surface area is 210 Å². The Morgan fingerprint density at radius 3 is 2.65 bits per heavy atom. The second kappa shape index (κ2) is 8.84. The fourth-order valence-electron chi connectivity index (χ4n) is 4.39. The Morgan fingerprint density at radius 1 is 1.18 bits per heavy atom. The first-order valence-corrected chi connectivity index (χ1v) is 12.4. The van der Waals surface area contributed by atoms with Gasteiger partial charge in [0.1, 0.15) is 11.4 Å². The quantitative estimate of drug-likeness (QED) is 0.303. The van der Waals surface area contributed by atoms with E-state index in [1.54, 1.807) is 30.6 Å². The zero-order valence-corrected chi connectivity index (χ0v) is 20.8. The summed E-state index contributed by atoms with van der Waals surface area (Å²) in [6.45, 7) is 3.41. The number of benzene rings is 2. The van der Waals surface area contributed by atoms with Crippen LogP contribution in [0.15, 0.2) is 54.9 Å². The average molecular weight is 515 g/mol. The van der Waals surface area contributed by atoms with Gasteiger partial charge in [0.2, 0.25) is 0 Å². The zero-order valence-electron chi connectivity index (χ0n) is 18.5. The minimum atomic E-state index is -1.76. The van der Waals surface area contributed by atoms with Gasteiger partial charge in [-0.3, -0.25) is 9.78 Å². The molecule has 174 valence electrons. The van der Waals surface area contributed by atoms with Crippen molar-refractivity contribution in [3.05, 3.63) is 80.9 Å². The lowest BCUT2D eigenvalue weighted by Crippen LogP contribution is -2.32. The molecular formula is C26H21Cl2FN2O2S. The van der Waals surface area contributed by atoms with Gasteiger partial charge >= 0.3 is 0 Å². The first-order chi connectivity index (χ1) is 16.2. The first kappa shape index (κ1) is 23.1. The molecule has 8 heteroatoms. The molecule has 0 unspecified atom stereocenters. The minimum Gasteiger partial charge on any atom is -0.493 e. The Hall–Kier alpha value is -2.67. The number of carbonyl (C=O) groups excluding carboxylic acids is 1. The third-order valence-corrected chi connectivity index (χ3v) is 7.51. The molecule has 5 rings (SSSR count). The Balaban J connectivity index is 1.62. The minimum absolute atomic E-state index is 0.220. The van der Waals surface area contributed by atoms with Crippen LogP contribution in [0.25, 0.3) is 21.2 Å². The van der Waals surface area contributed by atoms with Crippen LogP contribution in [-0.4, -0.2) is 17.5 Å². The smallest absolute Gasteiger partial charge is 0.262 e. The number of ether oxygens (including phenoxy) is 1.